The van der Waals surface area contributed by atoms with Crippen molar-refractivity contribution in [2.45, 2.75) is 13.5 Å². The van der Waals surface area contributed by atoms with Crippen molar-refractivity contribution in [3.63, 3.8) is 0 Å². The predicted octanol–water partition coefficient (Wildman–Crippen LogP) is 2.67. The number of aromatic nitrogens is 4. The number of aryl methyl sites for hydroxylation is 1. The average molecular weight is 350 g/mol. The number of nitrogen functional groups attached to an aromatic ring is 1. The van der Waals surface area contributed by atoms with E-state index < -0.39 is 0 Å². The average Bonchev–Trinajstić information content (AvgIpc) is 2.83. The van der Waals surface area contributed by atoms with E-state index in [1.807, 2.05) is 19.1 Å². The summed E-state index contributed by atoms with van der Waals surface area (Å²) in [5, 5.41) is 8.62. The van der Waals surface area contributed by atoms with Crippen LogP contribution in [0.3, 0.4) is 0 Å². The van der Waals surface area contributed by atoms with Crippen LogP contribution in [0.15, 0.2) is 41.2 Å². The molecule has 6 nitrogen and oxygen atoms in total. The van der Waals surface area contributed by atoms with Crippen molar-refractivity contribution in [1.82, 2.24) is 19.8 Å². The van der Waals surface area contributed by atoms with Gasteiger partial charge in [-0.2, -0.15) is 9.36 Å². The van der Waals surface area contributed by atoms with Gasteiger partial charge in [0.05, 0.1) is 12.2 Å². The van der Waals surface area contributed by atoms with E-state index in [9.17, 15) is 4.79 Å². The molecule has 0 bridgehead atoms. The quantitative estimate of drug-likeness (QED) is 0.737. The third kappa shape index (κ3) is 3.23. The highest BCUT2D eigenvalue weighted by atomic mass is 35.5. The summed E-state index contributed by atoms with van der Waals surface area (Å²) in [6.45, 7) is 2.21. The van der Waals surface area contributed by atoms with E-state index in [-0.39, 0.29) is 5.69 Å². The van der Waals surface area contributed by atoms with Crippen LogP contribution < -0.4 is 11.4 Å². The minimum absolute atomic E-state index is 0.300. The van der Waals surface area contributed by atoms with Gasteiger partial charge in [-0.15, -0.1) is 0 Å². The molecule has 0 unspecified atom stereocenters. The number of hydrogen-bond donors (Lipinski definition) is 1. The van der Waals surface area contributed by atoms with Gasteiger partial charge < -0.3 is 5.73 Å². The van der Waals surface area contributed by atoms with Gasteiger partial charge in [-0.3, -0.25) is 0 Å². The lowest BCUT2D eigenvalue weighted by atomic mass is 10.1. The van der Waals surface area contributed by atoms with Crippen LogP contribution in [-0.4, -0.2) is 19.8 Å². The van der Waals surface area contributed by atoms with Crippen LogP contribution in [0.1, 0.15) is 11.1 Å². The van der Waals surface area contributed by atoms with Crippen LogP contribution in [0, 0.1) is 6.92 Å². The minimum atomic E-state index is -0.377. The highest BCUT2D eigenvalue weighted by molar-refractivity contribution is 6.34. The second-order valence-electron chi connectivity index (χ2n) is 5.15. The monoisotopic (exact) mass is 349 g/mol. The van der Waals surface area contributed by atoms with Gasteiger partial charge >= 0.3 is 5.69 Å². The Morgan fingerprint density at radius 1 is 1.09 bits per heavy atom. The summed E-state index contributed by atoms with van der Waals surface area (Å²) in [6.07, 6.45) is 0. The molecule has 2 N–H and O–H groups in total. The summed E-state index contributed by atoms with van der Waals surface area (Å²) < 4.78 is 2.42. The van der Waals surface area contributed by atoms with Gasteiger partial charge in [-0.1, -0.05) is 35.3 Å². The Kier molecular flexibility index (Phi) is 4.11. The molecule has 0 spiro atoms. The van der Waals surface area contributed by atoms with Crippen molar-refractivity contribution in [2.75, 3.05) is 5.73 Å². The number of benzene rings is 2. The lowest BCUT2D eigenvalue weighted by Gasteiger charge is -2.04. The molecule has 1 heterocycles. The zero-order valence-electron chi connectivity index (χ0n) is 12.2. The summed E-state index contributed by atoms with van der Waals surface area (Å²) in [7, 11) is 0. The van der Waals surface area contributed by atoms with E-state index in [1.54, 1.807) is 24.3 Å². The van der Waals surface area contributed by atoms with E-state index in [1.165, 1.54) is 4.68 Å². The molecule has 118 valence electrons. The molecule has 0 radical (unpaired) electrons. The van der Waals surface area contributed by atoms with Gasteiger partial charge in [0, 0.05) is 15.7 Å². The molecule has 3 aromatic rings. The smallest absolute Gasteiger partial charge is 0.368 e. The number of anilines is 1. The summed E-state index contributed by atoms with van der Waals surface area (Å²) in [6, 6.07) is 10.3. The molecule has 0 aliphatic carbocycles. The number of halogens is 2. The number of rotatable bonds is 3. The van der Waals surface area contributed by atoms with Crippen LogP contribution in [-0.2, 0) is 6.54 Å². The molecule has 0 saturated carbocycles. The first-order valence-electron chi connectivity index (χ1n) is 6.78. The number of hydrogen-bond acceptors (Lipinski definition) is 4. The summed E-state index contributed by atoms with van der Waals surface area (Å²) in [5.74, 6) is 0. The SMILES string of the molecule is Cc1cc(Cn2nnn(-c3cc(Cl)cc(Cl)c3)c2=O)ccc1N. The molecule has 0 amide bonds. The second kappa shape index (κ2) is 6.06. The van der Waals surface area contributed by atoms with Crippen molar-refractivity contribution < 1.29 is 0 Å². The third-order valence-corrected chi connectivity index (χ3v) is 3.83. The van der Waals surface area contributed by atoms with Crippen LogP contribution in [0.25, 0.3) is 5.69 Å². The Labute approximate surface area is 142 Å². The van der Waals surface area contributed by atoms with Crippen molar-refractivity contribution in [3.05, 3.63) is 68.1 Å². The lowest BCUT2D eigenvalue weighted by molar-refractivity contribution is 0.631. The van der Waals surface area contributed by atoms with Crippen molar-refractivity contribution in [2.24, 2.45) is 0 Å². The Morgan fingerprint density at radius 3 is 2.43 bits per heavy atom. The zero-order valence-corrected chi connectivity index (χ0v) is 13.7. The Balaban J connectivity index is 1.96. The second-order valence-corrected chi connectivity index (χ2v) is 6.02. The highest BCUT2D eigenvalue weighted by Gasteiger charge is 2.11. The topological polar surface area (TPSA) is 78.7 Å². The zero-order chi connectivity index (χ0) is 16.6. The summed E-state index contributed by atoms with van der Waals surface area (Å²) in [5.41, 5.74) is 8.45. The summed E-state index contributed by atoms with van der Waals surface area (Å²) >= 11 is 11.9. The molecule has 0 saturated heterocycles. The Bertz CT molecular complexity index is 912. The third-order valence-electron chi connectivity index (χ3n) is 3.40. The first-order valence-corrected chi connectivity index (χ1v) is 7.54. The maximum absolute atomic E-state index is 12.4. The van der Waals surface area contributed by atoms with Crippen molar-refractivity contribution in [3.8, 4) is 5.69 Å². The van der Waals surface area contributed by atoms with Gasteiger partial charge in [0.2, 0.25) is 0 Å². The highest BCUT2D eigenvalue weighted by Crippen LogP contribution is 2.20. The van der Waals surface area contributed by atoms with E-state index in [2.05, 4.69) is 10.4 Å². The first-order chi connectivity index (χ1) is 10.9. The maximum Gasteiger partial charge on any atom is 0.368 e. The molecular formula is C15H13Cl2N5O. The summed E-state index contributed by atoms with van der Waals surface area (Å²) in [4.78, 5) is 12.4. The molecule has 8 heteroatoms. The predicted molar refractivity (Wildman–Crippen MR) is 90.3 cm³/mol. The molecule has 0 fully saturated rings. The lowest BCUT2D eigenvalue weighted by Crippen LogP contribution is -2.24. The first kappa shape index (κ1) is 15.6. The van der Waals surface area contributed by atoms with E-state index >= 15 is 0 Å². The van der Waals surface area contributed by atoms with E-state index in [0.29, 0.717) is 28.0 Å². The fourth-order valence-electron chi connectivity index (χ4n) is 2.21. The molecule has 0 aliphatic heterocycles. The number of nitrogens with zero attached hydrogens (tertiary/aromatic N) is 4. The van der Waals surface area contributed by atoms with Gasteiger partial charge in [0.25, 0.3) is 0 Å². The van der Waals surface area contributed by atoms with Gasteiger partial charge in [-0.25, -0.2) is 4.79 Å². The van der Waals surface area contributed by atoms with Crippen LogP contribution >= 0.6 is 23.2 Å². The molecule has 0 aliphatic rings. The molecule has 3 rings (SSSR count). The Hall–Kier alpha value is -2.31. The largest absolute Gasteiger partial charge is 0.399 e. The fraction of sp³-hybridized carbons (Fsp3) is 0.133. The standard InChI is InChI=1S/C15H13Cl2N5O/c1-9-4-10(2-3-14(9)18)8-21-15(23)22(20-19-21)13-6-11(16)5-12(17)7-13/h2-7H,8,18H2,1H3. The normalized spacial score (nSPS) is 10.9. The fourth-order valence-corrected chi connectivity index (χ4v) is 2.72. The Morgan fingerprint density at radius 2 is 1.78 bits per heavy atom. The molecule has 0 atom stereocenters. The van der Waals surface area contributed by atoms with E-state index in [4.69, 9.17) is 28.9 Å². The molecular weight excluding hydrogens is 337 g/mol. The number of nitrogens with two attached hydrogens (primary N) is 1. The van der Waals surface area contributed by atoms with Crippen LogP contribution in [0.5, 0.6) is 0 Å². The van der Waals surface area contributed by atoms with Crippen molar-refractivity contribution in [1.29, 1.82) is 0 Å². The van der Waals surface area contributed by atoms with E-state index in [0.717, 1.165) is 15.8 Å². The van der Waals surface area contributed by atoms with Gasteiger partial charge in [0.1, 0.15) is 0 Å². The van der Waals surface area contributed by atoms with Crippen molar-refractivity contribution >= 4 is 28.9 Å². The van der Waals surface area contributed by atoms with Crippen LogP contribution in [0.4, 0.5) is 5.69 Å². The van der Waals surface area contributed by atoms with Crippen LogP contribution in [0.2, 0.25) is 10.0 Å². The van der Waals surface area contributed by atoms with Gasteiger partial charge in [-0.05, 0) is 52.7 Å². The molecule has 1 aromatic heterocycles. The molecule has 2 aromatic carbocycles. The molecule has 23 heavy (non-hydrogen) atoms. The van der Waals surface area contributed by atoms with Gasteiger partial charge in [0.15, 0.2) is 0 Å². The number of tetrazole rings is 1. The minimum Gasteiger partial charge on any atom is -0.399 e. The maximum atomic E-state index is 12.4.